The molecule has 114 valence electrons. The Labute approximate surface area is 127 Å². The van der Waals surface area contributed by atoms with Crippen molar-refractivity contribution >= 4 is 17.3 Å². The number of aromatic nitrogens is 4. The average molecular weight is 311 g/mol. The van der Waals surface area contributed by atoms with E-state index < -0.39 is 0 Å². The predicted molar refractivity (Wildman–Crippen MR) is 82.7 cm³/mol. The van der Waals surface area contributed by atoms with E-state index in [0.717, 1.165) is 17.8 Å². The van der Waals surface area contributed by atoms with Gasteiger partial charge in [0.1, 0.15) is 0 Å². The van der Waals surface area contributed by atoms with Crippen LogP contribution in [0.5, 0.6) is 0 Å². The van der Waals surface area contributed by atoms with Crippen molar-refractivity contribution in [3.63, 3.8) is 0 Å². The van der Waals surface area contributed by atoms with Crippen LogP contribution in [-0.2, 0) is 20.0 Å². The molecule has 0 unspecified atom stereocenters. The van der Waals surface area contributed by atoms with Gasteiger partial charge < -0.3 is 11.1 Å². The molecular formula is C13H19ClN6O. The highest BCUT2D eigenvalue weighted by atomic mass is 35.5. The molecule has 2 rings (SSSR count). The highest BCUT2D eigenvalue weighted by Crippen LogP contribution is 2.21. The number of rotatable bonds is 6. The van der Waals surface area contributed by atoms with Crippen LogP contribution in [0.15, 0.2) is 17.1 Å². The van der Waals surface area contributed by atoms with Gasteiger partial charge in [-0.15, -0.1) is 0 Å². The Morgan fingerprint density at radius 2 is 2.24 bits per heavy atom. The van der Waals surface area contributed by atoms with Crippen LogP contribution < -0.4 is 16.6 Å². The molecule has 0 radical (unpaired) electrons. The minimum absolute atomic E-state index is 0.202. The molecule has 0 aliphatic heterocycles. The van der Waals surface area contributed by atoms with E-state index in [1.54, 1.807) is 10.9 Å². The van der Waals surface area contributed by atoms with Crippen LogP contribution >= 0.6 is 11.6 Å². The number of aryl methyl sites for hydroxylation is 2. The number of halogens is 1. The molecule has 0 atom stereocenters. The van der Waals surface area contributed by atoms with E-state index in [2.05, 4.69) is 15.5 Å². The summed E-state index contributed by atoms with van der Waals surface area (Å²) in [5.74, 6) is 0. The highest BCUT2D eigenvalue weighted by molar-refractivity contribution is 6.31. The van der Waals surface area contributed by atoms with Crippen LogP contribution in [-0.4, -0.2) is 32.7 Å². The standard InChI is InChI=1S/C13H19ClN6O/c1-3-10-13(14)11(19(2)18-10)8-20-12(21)6-9(7-17-20)16-5-4-15/h6-7,16H,3-5,8,15H2,1-2H3. The minimum Gasteiger partial charge on any atom is -0.382 e. The number of hydrogen-bond donors (Lipinski definition) is 2. The van der Waals surface area contributed by atoms with Crippen LogP contribution in [0.2, 0.25) is 5.02 Å². The van der Waals surface area contributed by atoms with E-state index in [-0.39, 0.29) is 5.56 Å². The molecular weight excluding hydrogens is 292 g/mol. The van der Waals surface area contributed by atoms with Crippen LogP contribution in [0.25, 0.3) is 0 Å². The number of nitrogens with two attached hydrogens (primary N) is 1. The molecule has 8 heteroatoms. The molecule has 2 aromatic heterocycles. The second kappa shape index (κ2) is 6.73. The Hall–Kier alpha value is -1.86. The molecule has 0 fully saturated rings. The molecule has 3 N–H and O–H groups in total. The molecule has 0 spiro atoms. The van der Waals surface area contributed by atoms with Crippen molar-refractivity contribution < 1.29 is 0 Å². The maximum atomic E-state index is 12.1. The summed E-state index contributed by atoms with van der Waals surface area (Å²) in [5.41, 5.74) is 7.45. The Morgan fingerprint density at radius 3 is 2.81 bits per heavy atom. The molecule has 0 aliphatic rings. The third-order valence-electron chi connectivity index (χ3n) is 3.15. The summed E-state index contributed by atoms with van der Waals surface area (Å²) in [6.45, 7) is 3.37. The monoisotopic (exact) mass is 310 g/mol. The van der Waals surface area contributed by atoms with Crippen molar-refractivity contribution in [1.82, 2.24) is 19.6 Å². The zero-order chi connectivity index (χ0) is 15.4. The lowest BCUT2D eigenvalue weighted by molar-refractivity contribution is 0.590. The van der Waals surface area contributed by atoms with Gasteiger partial charge in [-0.1, -0.05) is 18.5 Å². The van der Waals surface area contributed by atoms with E-state index in [0.29, 0.717) is 30.3 Å². The lowest BCUT2D eigenvalue weighted by Crippen LogP contribution is -2.25. The average Bonchev–Trinajstić information content (AvgIpc) is 2.74. The normalized spacial score (nSPS) is 10.9. The van der Waals surface area contributed by atoms with E-state index in [1.807, 2.05) is 14.0 Å². The molecule has 0 aromatic carbocycles. The molecule has 7 nitrogen and oxygen atoms in total. The lowest BCUT2D eigenvalue weighted by Gasteiger charge is -2.08. The van der Waals surface area contributed by atoms with Gasteiger partial charge in [0.2, 0.25) is 0 Å². The van der Waals surface area contributed by atoms with Gasteiger partial charge in [0.05, 0.1) is 34.8 Å². The van der Waals surface area contributed by atoms with Crippen LogP contribution in [0.4, 0.5) is 5.69 Å². The summed E-state index contributed by atoms with van der Waals surface area (Å²) >= 11 is 6.28. The third kappa shape index (κ3) is 3.43. The molecule has 0 aliphatic carbocycles. The van der Waals surface area contributed by atoms with Crippen molar-refractivity contribution in [1.29, 1.82) is 0 Å². The fourth-order valence-electron chi connectivity index (χ4n) is 2.00. The quantitative estimate of drug-likeness (QED) is 0.816. The van der Waals surface area contributed by atoms with E-state index in [1.165, 1.54) is 10.7 Å². The summed E-state index contributed by atoms with van der Waals surface area (Å²) in [6.07, 6.45) is 2.35. The molecule has 0 saturated carbocycles. The van der Waals surface area contributed by atoms with Gasteiger partial charge in [-0.25, -0.2) is 4.68 Å². The van der Waals surface area contributed by atoms with Crippen molar-refractivity contribution in [2.45, 2.75) is 19.9 Å². The summed E-state index contributed by atoms with van der Waals surface area (Å²) in [5, 5.41) is 12.1. The number of anilines is 1. The fourth-order valence-corrected chi connectivity index (χ4v) is 2.35. The highest BCUT2D eigenvalue weighted by Gasteiger charge is 2.14. The SMILES string of the molecule is CCc1nn(C)c(Cn2ncc(NCCN)cc2=O)c1Cl. The van der Waals surface area contributed by atoms with Crippen LogP contribution in [0.3, 0.4) is 0 Å². The Morgan fingerprint density at radius 1 is 1.48 bits per heavy atom. The fraction of sp³-hybridized carbons (Fsp3) is 0.462. The van der Waals surface area contributed by atoms with Crippen LogP contribution in [0.1, 0.15) is 18.3 Å². The third-order valence-corrected chi connectivity index (χ3v) is 3.58. The number of nitrogens with zero attached hydrogens (tertiary/aromatic N) is 4. The first-order valence-corrected chi connectivity index (χ1v) is 7.16. The second-order valence-corrected chi connectivity index (χ2v) is 5.02. The zero-order valence-electron chi connectivity index (χ0n) is 12.1. The summed E-state index contributed by atoms with van der Waals surface area (Å²) in [6, 6.07) is 1.49. The Balaban J connectivity index is 2.24. The zero-order valence-corrected chi connectivity index (χ0v) is 12.9. The largest absolute Gasteiger partial charge is 0.382 e. The van der Waals surface area contributed by atoms with Gasteiger partial charge in [0.15, 0.2) is 0 Å². The topological polar surface area (TPSA) is 90.8 Å². The molecule has 0 amide bonds. The van der Waals surface area contributed by atoms with Gasteiger partial charge in [-0.3, -0.25) is 9.48 Å². The van der Waals surface area contributed by atoms with E-state index >= 15 is 0 Å². The maximum absolute atomic E-state index is 12.1. The van der Waals surface area contributed by atoms with Crippen molar-refractivity contribution in [2.24, 2.45) is 12.8 Å². The molecule has 0 bridgehead atoms. The molecule has 0 saturated heterocycles. The Bertz CT molecular complexity index is 678. The first kappa shape index (κ1) is 15.5. The lowest BCUT2D eigenvalue weighted by atomic mass is 10.3. The first-order valence-electron chi connectivity index (χ1n) is 6.78. The summed E-state index contributed by atoms with van der Waals surface area (Å²) < 4.78 is 3.05. The van der Waals surface area contributed by atoms with Crippen molar-refractivity contribution in [3.8, 4) is 0 Å². The molecule has 2 aromatic rings. The van der Waals surface area contributed by atoms with Gasteiger partial charge in [-0.2, -0.15) is 10.2 Å². The van der Waals surface area contributed by atoms with Crippen LogP contribution in [0, 0.1) is 0 Å². The van der Waals surface area contributed by atoms with Crippen molar-refractivity contribution in [2.75, 3.05) is 18.4 Å². The maximum Gasteiger partial charge on any atom is 0.269 e. The minimum atomic E-state index is -0.202. The van der Waals surface area contributed by atoms with Gasteiger partial charge in [0, 0.05) is 26.2 Å². The van der Waals surface area contributed by atoms with E-state index in [4.69, 9.17) is 17.3 Å². The van der Waals surface area contributed by atoms with E-state index in [9.17, 15) is 4.79 Å². The van der Waals surface area contributed by atoms with Gasteiger partial charge in [-0.05, 0) is 6.42 Å². The van der Waals surface area contributed by atoms with Crippen molar-refractivity contribution in [3.05, 3.63) is 39.0 Å². The number of nitrogens with one attached hydrogen (secondary N) is 1. The van der Waals surface area contributed by atoms with Gasteiger partial charge in [0.25, 0.3) is 5.56 Å². The molecule has 21 heavy (non-hydrogen) atoms. The van der Waals surface area contributed by atoms with Gasteiger partial charge >= 0.3 is 0 Å². The number of hydrogen-bond acceptors (Lipinski definition) is 5. The predicted octanol–water partition coefficient (Wildman–Crippen LogP) is 0.611. The Kier molecular flexibility index (Phi) is 4.98. The summed E-state index contributed by atoms with van der Waals surface area (Å²) in [4.78, 5) is 12.1. The molecule has 2 heterocycles. The summed E-state index contributed by atoms with van der Waals surface area (Å²) in [7, 11) is 1.81. The smallest absolute Gasteiger partial charge is 0.269 e. The second-order valence-electron chi connectivity index (χ2n) is 4.64. The first-order chi connectivity index (χ1) is 10.1.